The fraction of sp³-hybridized carbons (Fsp3) is 0.200. The molecule has 2 aromatic rings. The van der Waals surface area contributed by atoms with Crippen LogP contribution < -0.4 is 5.32 Å². The molecule has 21 heavy (non-hydrogen) atoms. The third-order valence-electron chi connectivity index (χ3n) is 3.08. The lowest BCUT2D eigenvalue weighted by atomic mass is 10.1. The Morgan fingerprint density at radius 2 is 1.90 bits per heavy atom. The van der Waals surface area contributed by atoms with E-state index in [2.05, 4.69) is 5.32 Å². The molecule has 0 fully saturated rings. The second kappa shape index (κ2) is 7.10. The molecule has 0 aliphatic carbocycles. The van der Waals surface area contributed by atoms with Crippen molar-refractivity contribution >= 4 is 23.1 Å². The maximum Gasteiger partial charge on any atom is 0.269 e. The molecule has 0 heterocycles. The normalized spacial score (nSPS) is 11.9. The molecule has 0 saturated heterocycles. The van der Waals surface area contributed by atoms with E-state index in [1.54, 1.807) is 23.9 Å². The van der Waals surface area contributed by atoms with Crippen LogP contribution in [-0.2, 0) is 0 Å². The Morgan fingerprint density at radius 3 is 2.52 bits per heavy atom. The van der Waals surface area contributed by atoms with Crippen LogP contribution in [-0.4, -0.2) is 22.8 Å². The minimum absolute atomic E-state index is 0.0200. The van der Waals surface area contributed by atoms with Gasteiger partial charge in [-0.05, 0) is 36.1 Å². The van der Waals surface area contributed by atoms with Crippen molar-refractivity contribution < 1.29 is 10.0 Å². The van der Waals surface area contributed by atoms with E-state index in [9.17, 15) is 15.2 Å². The molecule has 2 aromatic carbocycles. The average molecular weight is 304 g/mol. The molecule has 5 nitrogen and oxygen atoms in total. The van der Waals surface area contributed by atoms with E-state index in [1.165, 1.54) is 12.1 Å². The van der Waals surface area contributed by atoms with Crippen molar-refractivity contribution in [3.8, 4) is 0 Å². The molecule has 0 spiro atoms. The van der Waals surface area contributed by atoms with Crippen molar-refractivity contribution in [2.45, 2.75) is 11.0 Å². The Bertz CT molecular complexity index is 617. The molecular formula is C15H16N2O3S. The van der Waals surface area contributed by atoms with Gasteiger partial charge in [0.2, 0.25) is 0 Å². The summed E-state index contributed by atoms with van der Waals surface area (Å²) in [5.74, 6) is 0. The molecule has 0 bridgehead atoms. The number of nitrogens with one attached hydrogen (secondary N) is 1. The van der Waals surface area contributed by atoms with Crippen molar-refractivity contribution in [1.82, 2.24) is 0 Å². The first-order valence-electron chi connectivity index (χ1n) is 6.41. The highest BCUT2D eigenvalue weighted by molar-refractivity contribution is 7.98. The number of nitrogens with zero attached hydrogens (tertiary/aromatic N) is 1. The largest absolute Gasteiger partial charge is 0.387 e. The van der Waals surface area contributed by atoms with Crippen LogP contribution in [0.5, 0.6) is 0 Å². The molecule has 0 amide bonds. The monoisotopic (exact) mass is 304 g/mol. The van der Waals surface area contributed by atoms with Gasteiger partial charge in [0.1, 0.15) is 0 Å². The Labute approximate surface area is 127 Å². The maximum atomic E-state index is 10.6. The Balaban J connectivity index is 2.01. The fourth-order valence-electron chi connectivity index (χ4n) is 1.93. The van der Waals surface area contributed by atoms with E-state index in [0.29, 0.717) is 12.1 Å². The van der Waals surface area contributed by atoms with Crippen LogP contribution in [0.15, 0.2) is 53.4 Å². The van der Waals surface area contributed by atoms with Gasteiger partial charge < -0.3 is 10.4 Å². The standard InChI is InChI=1S/C15H16N2O3S/c1-21-15-5-3-2-4-13(15)16-10-14(18)11-6-8-12(9-7-11)17(19)20/h2-9,14,16,18H,10H2,1H3. The Morgan fingerprint density at radius 1 is 1.24 bits per heavy atom. The van der Waals surface area contributed by atoms with E-state index < -0.39 is 11.0 Å². The first-order chi connectivity index (χ1) is 10.1. The minimum Gasteiger partial charge on any atom is -0.387 e. The van der Waals surface area contributed by atoms with Crippen LogP contribution in [0, 0.1) is 10.1 Å². The number of aliphatic hydroxyl groups is 1. The van der Waals surface area contributed by atoms with Crippen LogP contribution in [0.3, 0.4) is 0 Å². The highest BCUT2D eigenvalue weighted by atomic mass is 32.2. The van der Waals surface area contributed by atoms with Crippen molar-refractivity contribution in [3.63, 3.8) is 0 Å². The van der Waals surface area contributed by atoms with Crippen molar-refractivity contribution in [2.24, 2.45) is 0 Å². The predicted molar refractivity (Wildman–Crippen MR) is 84.8 cm³/mol. The number of hydrogen-bond acceptors (Lipinski definition) is 5. The number of nitro groups is 1. The summed E-state index contributed by atoms with van der Waals surface area (Å²) < 4.78 is 0. The van der Waals surface area contributed by atoms with E-state index >= 15 is 0 Å². The molecule has 1 unspecified atom stereocenters. The zero-order chi connectivity index (χ0) is 15.2. The summed E-state index contributed by atoms with van der Waals surface area (Å²) in [7, 11) is 0. The quantitative estimate of drug-likeness (QED) is 0.485. The fourth-order valence-corrected chi connectivity index (χ4v) is 2.51. The number of rotatable bonds is 6. The topological polar surface area (TPSA) is 75.4 Å². The molecule has 0 saturated carbocycles. The summed E-state index contributed by atoms with van der Waals surface area (Å²) in [6.45, 7) is 0.343. The number of para-hydroxylation sites is 1. The van der Waals surface area contributed by atoms with Crippen molar-refractivity contribution in [2.75, 3.05) is 18.1 Å². The number of anilines is 1. The molecule has 6 heteroatoms. The minimum atomic E-state index is -0.722. The molecule has 110 valence electrons. The SMILES string of the molecule is CSc1ccccc1NCC(O)c1ccc([N+](=O)[O-])cc1. The summed E-state index contributed by atoms with van der Waals surface area (Å²) in [5.41, 5.74) is 1.63. The zero-order valence-electron chi connectivity index (χ0n) is 11.5. The van der Waals surface area contributed by atoms with E-state index in [-0.39, 0.29) is 5.69 Å². The molecule has 2 rings (SSSR count). The average Bonchev–Trinajstić information content (AvgIpc) is 2.52. The highest BCUT2D eigenvalue weighted by Crippen LogP contribution is 2.25. The Kier molecular flexibility index (Phi) is 5.19. The highest BCUT2D eigenvalue weighted by Gasteiger charge is 2.11. The second-order valence-corrected chi connectivity index (χ2v) is 5.29. The molecule has 2 N–H and O–H groups in total. The number of benzene rings is 2. The summed E-state index contributed by atoms with van der Waals surface area (Å²) in [4.78, 5) is 11.2. The first kappa shape index (κ1) is 15.3. The van der Waals surface area contributed by atoms with Crippen molar-refractivity contribution in [3.05, 3.63) is 64.2 Å². The van der Waals surface area contributed by atoms with E-state index in [0.717, 1.165) is 10.6 Å². The second-order valence-electron chi connectivity index (χ2n) is 4.45. The summed E-state index contributed by atoms with van der Waals surface area (Å²) >= 11 is 1.63. The van der Waals surface area contributed by atoms with Crippen LogP contribution >= 0.6 is 11.8 Å². The van der Waals surface area contributed by atoms with Gasteiger partial charge >= 0.3 is 0 Å². The maximum absolute atomic E-state index is 10.6. The molecule has 0 aromatic heterocycles. The van der Waals surface area contributed by atoms with E-state index in [1.807, 2.05) is 30.5 Å². The first-order valence-corrected chi connectivity index (χ1v) is 7.63. The lowest BCUT2D eigenvalue weighted by molar-refractivity contribution is -0.384. The van der Waals surface area contributed by atoms with Gasteiger partial charge in [0.15, 0.2) is 0 Å². The third-order valence-corrected chi connectivity index (χ3v) is 3.88. The van der Waals surface area contributed by atoms with Crippen molar-refractivity contribution in [1.29, 1.82) is 0 Å². The zero-order valence-corrected chi connectivity index (χ0v) is 12.3. The number of thioether (sulfide) groups is 1. The third kappa shape index (κ3) is 3.96. The molecule has 1 atom stereocenters. The number of non-ortho nitro benzene ring substituents is 1. The van der Waals surface area contributed by atoms with Gasteiger partial charge in [0.05, 0.1) is 11.0 Å². The molecule has 0 radical (unpaired) electrons. The van der Waals surface area contributed by atoms with Crippen LogP contribution in [0.4, 0.5) is 11.4 Å². The number of aliphatic hydroxyl groups excluding tert-OH is 1. The van der Waals surface area contributed by atoms with Gasteiger partial charge in [-0.1, -0.05) is 12.1 Å². The van der Waals surface area contributed by atoms with Gasteiger partial charge in [-0.2, -0.15) is 0 Å². The molecular weight excluding hydrogens is 288 g/mol. The van der Waals surface area contributed by atoms with Gasteiger partial charge in [0, 0.05) is 29.3 Å². The van der Waals surface area contributed by atoms with E-state index in [4.69, 9.17) is 0 Å². The van der Waals surface area contributed by atoms with Gasteiger partial charge in [-0.25, -0.2) is 0 Å². The lowest BCUT2D eigenvalue weighted by Crippen LogP contribution is -2.12. The Hall–Kier alpha value is -2.05. The van der Waals surface area contributed by atoms with Gasteiger partial charge in [0.25, 0.3) is 5.69 Å². The van der Waals surface area contributed by atoms with Crippen LogP contribution in [0.25, 0.3) is 0 Å². The smallest absolute Gasteiger partial charge is 0.269 e. The predicted octanol–water partition coefficient (Wildman–Crippen LogP) is 3.46. The molecule has 0 aliphatic rings. The number of hydrogen-bond donors (Lipinski definition) is 2. The summed E-state index contributed by atoms with van der Waals surface area (Å²) in [6.07, 6.45) is 1.27. The van der Waals surface area contributed by atoms with Crippen LogP contribution in [0.2, 0.25) is 0 Å². The number of nitro benzene ring substituents is 1. The van der Waals surface area contributed by atoms with Gasteiger partial charge in [-0.15, -0.1) is 11.8 Å². The van der Waals surface area contributed by atoms with Crippen LogP contribution in [0.1, 0.15) is 11.7 Å². The summed E-state index contributed by atoms with van der Waals surface area (Å²) in [5, 5.41) is 23.9. The molecule has 0 aliphatic heterocycles. The lowest BCUT2D eigenvalue weighted by Gasteiger charge is -2.15. The summed E-state index contributed by atoms with van der Waals surface area (Å²) in [6, 6.07) is 13.8. The van der Waals surface area contributed by atoms with Gasteiger partial charge in [-0.3, -0.25) is 10.1 Å².